The van der Waals surface area contributed by atoms with Gasteiger partial charge in [-0.05, 0) is 50.5 Å². The number of likely N-dealkylation sites (tertiary alicyclic amines) is 1. The minimum Gasteiger partial charge on any atom is -0.371 e. The Morgan fingerprint density at radius 2 is 2.00 bits per heavy atom. The van der Waals surface area contributed by atoms with E-state index in [1.807, 2.05) is 30.0 Å². The first-order chi connectivity index (χ1) is 14.0. The number of hydrogen-bond acceptors (Lipinski definition) is 6. The predicted octanol–water partition coefficient (Wildman–Crippen LogP) is 3.97. The van der Waals surface area contributed by atoms with E-state index in [4.69, 9.17) is 0 Å². The summed E-state index contributed by atoms with van der Waals surface area (Å²) in [5.41, 5.74) is 1.41. The normalized spacial score (nSPS) is 20.6. The molecule has 31 heavy (non-hydrogen) atoms. The Balaban J connectivity index is 0.00000171. The van der Waals surface area contributed by atoms with Crippen LogP contribution in [0.2, 0.25) is 0 Å². The minimum atomic E-state index is -0.448. The lowest BCUT2D eigenvalue weighted by Crippen LogP contribution is -2.39. The number of nitrogens with zero attached hydrogens (tertiary/aromatic N) is 3. The van der Waals surface area contributed by atoms with Gasteiger partial charge in [0.25, 0.3) is 11.6 Å². The number of nitro groups is 1. The molecule has 3 atom stereocenters. The van der Waals surface area contributed by atoms with Gasteiger partial charge in [0.1, 0.15) is 5.69 Å². The molecule has 0 aliphatic carbocycles. The smallest absolute Gasteiger partial charge is 0.293 e. The molecule has 2 bridgehead atoms. The van der Waals surface area contributed by atoms with Gasteiger partial charge >= 0.3 is 0 Å². The number of rotatable bonds is 5. The number of halogens is 2. The number of nitrogens with one attached hydrogen (secondary N) is 2. The van der Waals surface area contributed by atoms with E-state index in [9.17, 15) is 14.9 Å². The molecule has 8 nitrogen and oxygen atoms in total. The van der Waals surface area contributed by atoms with Gasteiger partial charge in [-0.2, -0.15) is 0 Å². The maximum atomic E-state index is 13.0. The van der Waals surface area contributed by atoms with Gasteiger partial charge in [-0.25, -0.2) is 0 Å². The van der Waals surface area contributed by atoms with Crippen molar-refractivity contribution >= 4 is 42.1 Å². The number of fused-ring (bicyclic) bond motifs is 2. The molecule has 1 aromatic heterocycles. The quantitative estimate of drug-likeness (QED) is 0.509. The van der Waals surface area contributed by atoms with E-state index >= 15 is 0 Å². The fraction of sp³-hybridized carbons (Fsp3) is 0.429. The van der Waals surface area contributed by atoms with Gasteiger partial charge in [-0.1, -0.05) is 6.07 Å². The van der Waals surface area contributed by atoms with E-state index in [1.165, 1.54) is 6.07 Å². The Bertz CT molecular complexity index is 915. The van der Waals surface area contributed by atoms with Crippen LogP contribution in [0.1, 0.15) is 48.3 Å². The number of nitro benzene ring substituents is 1. The molecule has 3 unspecified atom stereocenters. The summed E-state index contributed by atoms with van der Waals surface area (Å²) in [5, 5.41) is 18.4. The van der Waals surface area contributed by atoms with Crippen LogP contribution in [0.15, 0.2) is 42.6 Å². The Hall–Kier alpha value is -2.42. The standard InChI is InChI=1S/C21H25N5O3.2ClH/c1-14(18-4-2-3-10-22-18)23-19-8-5-15(12-20(19)26(28)29)21(27)25-11-9-16-6-7-17(13-25)24-16;;/h2-5,8,10,12,14,16-17,23-24H,6-7,9,11,13H2,1H3;2*1H. The van der Waals surface area contributed by atoms with Gasteiger partial charge in [0.2, 0.25) is 0 Å². The van der Waals surface area contributed by atoms with Crippen molar-refractivity contribution in [2.45, 2.75) is 44.3 Å². The Morgan fingerprint density at radius 1 is 1.23 bits per heavy atom. The molecule has 4 rings (SSSR count). The molecule has 10 heteroatoms. The number of pyridine rings is 1. The average molecular weight is 468 g/mol. The summed E-state index contributed by atoms with van der Waals surface area (Å²) in [4.78, 5) is 30.3. The van der Waals surface area contributed by atoms with Crippen LogP contribution in [0.3, 0.4) is 0 Å². The van der Waals surface area contributed by atoms with Crippen molar-refractivity contribution in [1.29, 1.82) is 0 Å². The summed E-state index contributed by atoms with van der Waals surface area (Å²) in [6.07, 6.45) is 4.84. The number of benzene rings is 1. The highest BCUT2D eigenvalue weighted by Crippen LogP contribution is 2.30. The molecule has 2 saturated heterocycles. The second-order valence-corrected chi connectivity index (χ2v) is 7.79. The lowest BCUT2D eigenvalue weighted by Gasteiger charge is -2.24. The minimum absolute atomic E-state index is 0. The monoisotopic (exact) mass is 467 g/mol. The van der Waals surface area contributed by atoms with Crippen LogP contribution in [0, 0.1) is 10.1 Å². The molecule has 2 fully saturated rings. The number of carbonyl (C=O) groups excluding carboxylic acids is 1. The number of hydrogen-bond donors (Lipinski definition) is 2. The molecule has 2 aromatic rings. The van der Waals surface area contributed by atoms with Crippen LogP contribution in [-0.4, -0.2) is 45.9 Å². The van der Waals surface area contributed by atoms with Gasteiger partial charge in [-0.15, -0.1) is 24.8 Å². The lowest BCUT2D eigenvalue weighted by molar-refractivity contribution is -0.384. The maximum Gasteiger partial charge on any atom is 0.293 e. The molecular weight excluding hydrogens is 441 g/mol. The third-order valence-corrected chi connectivity index (χ3v) is 5.76. The van der Waals surface area contributed by atoms with Crippen molar-refractivity contribution in [2.75, 3.05) is 18.4 Å². The van der Waals surface area contributed by atoms with Gasteiger partial charge < -0.3 is 15.5 Å². The fourth-order valence-corrected chi connectivity index (χ4v) is 4.19. The molecule has 3 heterocycles. The molecule has 1 amide bonds. The van der Waals surface area contributed by atoms with Crippen LogP contribution in [-0.2, 0) is 0 Å². The maximum absolute atomic E-state index is 13.0. The number of anilines is 1. The molecule has 2 N–H and O–H groups in total. The van der Waals surface area contributed by atoms with Gasteiger partial charge in [0.05, 0.1) is 16.7 Å². The van der Waals surface area contributed by atoms with E-state index in [1.54, 1.807) is 18.3 Å². The zero-order valence-corrected chi connectivity index (χ0v) is 18.8. The third-order valence-electron chi connectivity index (χ3n) is 5.76. The van der Waals surface area contributed by atoms with Crippen molar-refractivity contribution < 1.29 is 9.72 Å². The molecule has 2 aliphatic rings. The molecule has 0 spiro atoms. The summed E-state index contributed by atoms with van der Waals surface area (Å²) < 4.78 is 0. The highest BCUT2D eigenvalue weighted by atomic mass is 35.5. The van der Waals surface area contributed by atoms with Crippen molar-refractivity contribution in [1.82, 2.24) is 15.2 Å². The van der Waals surface area contributed by atoms with E-state index in [0.29, 0.717) is 36.4 Å². The van der Waals surface area contributed by atoms with Crippen molar-refractivity contribution in [3.63, 3.8) is 0 Å². The fourth-order valence-electron chi connectivity index (χ4n) is 4.19. The predicted molar refractivity (Wildman–Crippen MR) is 124 cm³/mol. The zero-order chi connectivity index (χ0) is 20.4. The lowest BCUT2D eigenvalue weighted by atomic mass is 10.1. The second kappa shape index (κ2) is 10.7. The molecular formula is C21H27Cl2N5O3. The number of amides is 1. The first kappa shape index (κ1) is 24.8. The Labute approximate surface area is 193 Å². The molecule has 168 valence electrons. The van der Waals surface area contributed by atoms with Gasteiger partial charge in [0.15, 0.2) is 0 Å². The highest BCUT2D eigenvalue weighted by molar-refractivity contribution is 5.96. The summed E-state index contributed by atoms with van der Waals surface area (Å²) in [6, 6.07) is 10.8. The van der Waals surface area contributed by atoms with Crippen LogP contribution >= 0.6 is 24.8 Å². The van der Waals surface area contributed by atoms with Crippen LogP contribution in [0.5, 0.6) is 0 Å². The number of aromatic nitrogens is 1. The molecule has 0 radical (unpaired) electrons. The van der Waals surface area contributed by atoms with Crippen LogP contribution in [0.25, 0.3) is 0 Å². The van der Waals surface area contributed by atoms with E-state index in [0.717, 1.165) is 25.0 Å². The van der Waals surface area contributed by atoms with Crippen LogP contribution < -0.4 is 10.6 Å². The second-order valence-electron chi connectivity index (χ2n) is 7.79. The van der Waals surface area contributed by atoms with E-state index in [2.05, 4.69) is 15.6 Å². The first-order valence-corrected chi connectivity index (χ1v) is 10.0. The molecule has 1 aromatic carbocycles. The third kappa shape index (κ3) is 5.64. The Kier molecular flexibility index (Phi) is 8.61. The summed E-state index contributed by atoms with van der Waals surface area (Å²) in [5.74, 6) is -0.147. The summed E-state index contributed by atoms with van der Waals surface area (Å²) >= 11 is 0. The van der Waals surface area contributed by atoms with E-state index < -0.39 is 4.92 Å². The topological polar surface area (TPSA) is 100 Å². The summed E-state index contributed by atoms with van der Waals surface area (Å²) in [7, 11) is 0. The molecule has 2 aliphatic heterocycles. The summed E-state index contributed by atoms with van der Waals surface area (Å²) in [6.45, 7) is 3.22. The first-order valence-electron chi connectivity index (χ1n) is 10.0. The van der Waals surface area contributed by atoms with E-state index in [-0.39, 0.29) is 42.5 Å². The van der Waals surface area contributed by atoms with Crippen LogP contribution in [0.4, 0.5) is 11.4 Å². The zero-order valence-electron chi connectivity index (χ0n) is 17.2. The van der Waals surface area contributed by atoms with Crippen molar-refractivity contribution in [3.8, 4) is 0 Å². The SMILES string of the molecule is CC(Nc1ccc(C(=O)N2CCC3CCC(C2)N3)cc1[N+](=O)[O-])c1ccccn1.Cl.Cl. The molecule has 0 saturated carbocycles. The van der Waals surface area contributed by atoms with Crippen molar-refractivity contribution in [2.24, 2.45) is 0 Å². The Morgan fingerprint density at radius 3 is 2.71 bits per heavy atom. The number of carbonyl (C=O) groups is 1. The van der Waals surface area contributed by atoms with Gasteiger partial charge in [0, 0.05) is 43.0 Å². The highest BCUT2D eigenvalue weighted by Gasteiger charge is 2.32. The van der Waals surface area contributed by atoms with Gasteiger partial charge in [-0.3, -0.25) is 19.9 Å². The average Bonchev–Trinajstić information content (AvgIpc) is 3.06. The van der Waals surface area contributed by atoms with Crippen molar-refractivity contribution in [3.05, 3.63) is 64.0 Å². The largest absolute Gasteiger partial charge is 0.371 e.